The molecule has 6 nitrogen and oxygen atoms in total. The molecule has 0 saturated carbocycles. The maximum absolute atomic E-state index is 12.1. The predicted octanol–water partition coefficient (Wildman–Crippen LogP) is 2.03. The first-order valence-electron chi connectivity index (χ1n) is 8.65. The van der Waals surface area contributed by atoms with E-state index in [9.17, 15) is 4.79 Å². The molecule has 1 aromatic carbocycles. The van der Waals surface area contributed by atoms with E-state index >= 15 is 0 Å². The number of urea groups is 1. The van der Waals surface area contributed by atoms with E-state index in [1.54, 1.807) is 6.20 Å². The average Bonchev–Trinajstić information content (AvgIpc) is 2.62. The van der Waals surface area contributed by atoms with Gasteiger partial charge in [0.15, 0.2) is 0 Å². The van der Waals surface area contributed by atoms with E-state index in [0.717, 1.165) is 31.7 Å². The average molecular weight is 339 g/mol. The van der Waals surface area contributed by atoms with E-state index in [0.29, 0.717) is 18.8 Å². The summed E-state index contributed by atoms with van der Waals surface area (Å²) in [6.45, 7) is 5.99. The van der Waals surface area contributed by atoms with E-state index in [1.807, 2.05) is 19.1 Å². The third-order valence-corrected chi connectivity index (χ3v) is 4.50. The van der Waals surface area contributed by atoms with Crippen LogP contribution < -0.4 is 16.4 Å². The SMILES string of the molecule is Cc1ccc(NC(=O)NCc2cccc3c2CCN(CCN)C3)cn1. The highest BCUT2D eigenvalue weighted by atomic mass is 16.2. The van der Waals surface area contributed by atoms with Crippen LogP contribution in [0.4, 0.5) is 10.5 Å². The number of nitrogens with one attached hydrogen (secondary N) is 2. The highest BCUT2D eigenvalue weighted by Crippen LogP contribution is 2.22. The molecule has 0 unspecified atom stereocenters. The molecule has 0 saturated heterocycles. The Bertz CT molecular complexity index is 729. The van der Waals surface area contributed by atoms with E-state index in [4.69, 9.17) is 5.73 Å². The normalized spacial score (nSPS) is 14.0. The number of pyridine rings is 1. The van der Waals surface area contributed by atoms with E-state index in [1.165, 1.54) is 16.7 Å². The molecule has 0 bridgehead atoms. The van der Waals surface area contributed by atoms with Gasteiger partial charge in [0, 0.05) is 38.4 Å². The van der Waals surface area contributed by atoms with Crippen molar-refractivity contribution in [3.05, 3.63) is 58.9 Å². The van der Waals surface area contributed by atoms with Gasteiger partial charge >= 0.3 is 6.03 Å². The Balaban J connectivity index is 1.59. The Hall–Kier alpha value is -2.44. The van der Waals surface area contributed by atoms with Crippen molar-refractivity contribution >= 4 is 11.7 Å². The summed E-state index contributed by atoms with van der Waals surface area (Å²) in [5, 5.41) is 5.75. The Morgan fingerprint density at radius 3 is 2.96 bits per heavy atom. The summed E-state index contributed by atoms with van der Waals surface area (Å²) in [6.07, 6.45) is 2.65. The summed E-state index contributed by atoms with van der Waals surface area (Å²) >= 11 is 0. The number of aryl methyl sites for hydroxylation is 1. The molecule has 0 radical (unpaired) electrons. The lowest BCUT2D eigenvalue weighted by Crippen LogP contribution is -2.35. The van der Waals surface area contributed by atoms with Gasteiger partial charge in [0.05, 0.1) is 11.9 Å². The lowest BCUT2D eigenvalue weighted by molar-refractivity contribution is 0.251. The van der Waals surface area contributed by atoms with Gasteiger partial charge in [-0.15, -0.1) is 0 Å². The fourth-order valence-electron chi connectivity index (χ4n) is 3.18. The zero-order chi connectivity index (χ0) is 17.6. The predicted molar refractivity (Wildman–Crippen MR) is 99.3 cm³/mol. The summed E-state index contributed by atoms with van der Waals surface area (Å²) in [4.78, 5) is 18.6. The monoisotopic (exact) mass is 339 g/mol. The number of anilines is 1. The highest BCUT2D eigenvalue weighted by molar-refractivity contribution is 5.88. The Labute approximate surface area is 148 Å². The summed E-state index contributed by atoms with van der Waals surface area (Å²) in [6, 6.07) is 9.81. The van der Waals surface area contributed by atoms with Crippen molar-refractivity contribution in [3.63, 3.8) is 0 Å². The molecule has 25 heavy (non-hydrogen) atoms. The van der Waals surface area contributed by atoms with Crippen molar-refractivity contribution in [1.82, 2.24) is 15.2 Å². The molecule has 1 aliphatic heterocycles. The smallest absolute Gasteiger partial charge is 0.319 e. The van der Waals surface area contributed by atoms with Gasteiger partial charge < -0.3 is 16.4 Å². The van der Waals surface area contributed by atoms with E-state index in [2.05, 4.69) is 38.7 Å². The molecule has 1 aromatic heterocycles. The van der Waals surface area contributed by atoms with Crippen molar-refractivity contribution in [1.29, 1.82) is 0 Å². The summed E-state index contributed by atoms with van der Waals surface area (Å²) in [5.74, 6) is 0. The lowest BCUT2D eigenvalue weighted by Gasteiger charge is -2.29. The fourth-order valence-corrected chi connectivity index (χ4v) is 3.18. The molecule has 132 valence electrons. The minimum Gasteiger partial charge on any atom is -0.334 e. The third-order valence-electron chi connectivity index (χ3n) is 4.50. The van der Waals surface area contributed by atoms with E-state index in [-0.39, 0.29) is 6.03 Å². The zero-order valence-electron chi connectivity index (χ0n) is 14.6. The van der Waals surface area contributed by atoms with Crippen LogP contribution in [0.3, 0.4) is 0 Å². The largest absolute Gasteiger partial charge is 0.334 e. The second kappa shape index (κ2) is 8.09. The number of benzene rings is 1. The quantitative estimate of drug-likeness (QED) is 0.778. The fraction of sp³-hybridized carbons (Fsp3) is 0.368. The Morgan fingerprint density at radius 1 is 1.32 bits per heavy atom. The number of amides is 2. The maximum Gasteiger partial charge on any atom is 0.319 e. The topological polar surface area (TPSA) is 83.3 Å². The first kappa shape index (κ1) is 17.4. The van der Waals surface area contributed by atoms with Crippen LogP contribution in [-0.2, 0) is 19.5 Å². The number of hydrogen-bond acceptors (Lipinski definition) is 4. The number of fused-ring (bicyclic) bond motifs is 1. The molecule has 0 atom stereocenters. The molecular formula is C19H25N5O. The summed E-state index contributed by atoms with van der Waals surface area (Å²) in [7, 11) is 0. The molecule has 3 rings (SSSR count). The van der Waals surface area contributed by atoms with Crippen molar-refractivity contribution < 1.29 is 4.79 Å². The standard InChI is InChI=1S/C19H25N5O/c1-14-5-6-17(12-21-14)23-19(25)22-11-15-3-2-4-16-13-24(10-8-20)9-7-18(15)16/h2-6,12H,7-11,13,20H2,1H3,(H2,22,23,25). The number of aromatic nitrogens is 1. The molecule has 2 amide bonds. The Morgan fingerprint density at radius 2 is 2.20 bits per heavy atom. The van der Waals surface area contributed by atoms with Crippen LogP contribution >= 0.6 is 0 Å². The molecule has 1 aliphatic rings. The van der Waals surface area contributed by atoms with Gasteiger partial charge in [-0.25, -0.2) is 4.79 Å². The molecule has 0 aliphatic carbocycles. The van der Waals surface area contributed by atoms with Crippen LogP contribution in [0.15, 0.2) is 36.5 Å². The number of nitrogens with two attached hydrogens (primary N) is 1. The van der Waals surface area contributed by atoms with Crippen LogP contribution in [-0.4, -0.2) is 35.5 Å². The van der Waals surface area contributed by atoms with Crippen LogP contribution in [0.1, 0.15) is 22.4 Å². The molecule has 2 aromatic rings. The number of hydrogen-bond donors (Lipinski definition) is 3. The summed E-state index contributed by atoms with van der Waals surface area (Å²) < 4.78 is 0. The van der Waals surface area contributed by atoms with Gasteiger partial charge in [-0.1, -0.05) is 18.2 Å². The second-order valence-electron chi connectivity index (χ2n) is 6.37. The number of carbonyl (C=O) groups is 1. The lowest BCUT2D eigenvalue weighted by atomic mass is 9.94. The molecule has 4 N–H and O–H groups in total. The third kappa shape index (κ3) is 4.55. The first-order chi connectivity index (χ1) is 12.2. The molecule has 0 fully saturated rings. The second-order valence-corrected chi connectivity index (χ2v) is 6.37. The van der Waals surface area contributed by atoms with E-state index < -0.39 is 0 Å². The van der Waals surface area contributed by atoms with Crippen LogP contribution in [0.5, 0.6) is 0 Å². The maximum atomic E-state index is 12.1. The minimum absolute atomic E-state index is 0.219. The van der Waals surface area contributed by atoms with Crippen molar-refractivity contribution in [2.24, 2.45) is 5.73 Å². The van der Waals surface area contributed by atoms with Gasteiger partial charge in [-0.2, -0.15) is 0 Å². The number of rotatable bonds is 5. The van der Waals surface area contributed by atoms with Gasteiger partial charge in [0.2, 0.25) is 0 Å². The molecule has 0 spiro atoms. The number of nitrogens with zero attached hydrogens (tertiary/aromatic N) is 2. The van der Waals surface area contributed by atoms with Crippen molar-refractivity contribution in [2.75, 3.05) is 25.0 Å². The van der Waals surface area contributed by atoms with Crippen molar-refractivity contribution in [3.8, 4) is 0 Å². The van der Waals surface area contributed by atoms with Crippen LogP contribution in [0.25, 0.3) is 0 Å². The molecular weight excluding hydrogens is 314 g/mol. The molecule has 2 heterocycles. The van der Waals surface area contributed by atoms with Crippen LogP contribution in [0.2, 0.25) is 0 Å². The highest BCUT2D eigenvalue weighted by Gasteiger charge is 2.18. The van der Waals surface area contributed by atoms with Gasteiger partial charge in [-0.05, 0) is 42.2 Å². The zero-order valence-corrected chi connectivity index (χ0v) is 14.6. The summed E-state index contributed by atoms with van der Waals surface area (Å²) in [5.41, 5.74) is 11.1. The van der Waals surface area contributed by atoms with Crippen molar-refractivity contribution in [2.45, 2.75) is 26.4 Å². The Kier molecular flexibility index (Phi) is 5.63. The number of carbonyl (C=O) groups excluding carboxylic acids is 1. The van der Waals surface area contributed by atoms with Crippen LogP contribution in [0, 0.1) is 6.92 Å². The first-order valence-corrected chi connectivity index (χ1v) is 8.65. The molecule has 6 heteroatoms. The minimum atomic E-state index is -0.219. The van der Waals surface area contributed by atoms with Gasteiger partial charge in [0.25, 0.3) is 0 Å². The van der Waals surface area contributed by atoms with Gasteiger partial charge in [0.1, 0.15) is 0 Å². The van der Waals surface area contributed by atoms with Gasteiger partial charge in [-0.3, -0.25) is 9.88 Å².